The van der Waals surface area contributed by atoms with Crippen molar-refractivity contribution in [1.29, 1.82) is 0 Å². The lowest BCUT2D eigenvalue weighted by molar-refractivity contribution is 0.0754. The minimum atomic E-state index is -3.54. The second-order valence-corrected chi connectivity index (χ2v) is 9.07. The van der Waals surface area contributed by atoms with Gasteiger partial charge in [-0.1, -0.05) is 6.07 Å². The van der Waals surface area contributed by atoms with Crippen molar-refractivity contribution >= 4 is 27.3 Å². The standard InChI is InChI=1S/C18H24N2O3S2/c1-5-20(13-16-7-6-12-24-16)18(21)15-8-10-17(11-9-15)25(22,23)19(4)14(2)3/h6-12,14H,5,13H2,1-4H3. The summed E-state index contributed by atoms with van der Waals surface area (Å²) in [5.41, 5.74) is 0.490. The van der Waals surface area contributed by atoms with E-state index in [-0.39, 0.29) is 16.8 Å². The van der Waals surface area contributed by atoms with Crippen LogP contribution < -0.4 is 0 Å². The van der Waals surface area contributed by atoms with Gasteiger partial charge >= 0.3 is 0 Å². The van der Waals surface area contributed by atoms with Crippen molar-refractivity contribution in [2.75, 3.05) is 13.6 Å². The second-order valence-electron chi connectivity index (χ2n) is 6.04. The van der Waals surface area contributed by atoms with Crippen LogP contribution in [-0.2, 0) is 16.6 Å². The van der Waals surface area contributed by atoms with Gasteiger partial charge in [0.2, 0.25) is 10.0 Å². The summed E-state index contributed by atoms with van der Waals surface area (Å²) in [6.07, 6.45) is 0. The molecule has 2 rings (SSSR count). The summed E-state index contributed by atoms with van der Waals surface area (Å²) in [7, 11) is -1.98. The Morgan fingerprint density at radius 2 is 1.80 bits per heavy atom. The van der Waals surface area contributed by atoms with Gasteiger partial charge in [0.25, 0.3) is 5.91 Å². The van der Waals surface area contributed by atoms with E-state index in [1.807, 2.05) is 38.3 Å². The summed E-state index contributed by atoms with van der Waals surface area (Å²) in [6.45, 7) is 6.72. The van der Waals surface area contributed by atoms with Crippen LogP contribution in [0.3, 0.4) is 0 Å². The molecule has 1 aromatic carbocycles. The fraction of sp³-hybridized carbons (Fsp3) is 0.389. The molecule has 0 saturated heterocycles. The smallest absolute Gasteiger partial charge is 0.254 e. The first kappa shape index (κ1) is 19.6. The predicted octanol–water partition coefficient (Wildman–Crippen LogP) is 3.44. The largest absolute Gasteiger partial charge is 0.334 e. The number of carbonyl (C=O) groups is 1. The van der Waals surface area contributed by atoms with Crippen molar-refractivity contribution in [3.63, 3.8) is 0 Å². The number of amides is 1. The minimum Gasteiger partial charge on any atom is -0.334 e. The Morgan fingerprint density at radius 3 is 2.28 bits per heavy atom. The van der Waals surface area contributed by atoms with Gasteiger partial charge < -0.3 is 4.90 Å². The first-order chi connectivity index (χ1) is 11.8. The maximum atomic E-state index is 12.7. The van der Waals surface area contributed by atoms with Crippen LogP contribution >= 0.6 is 11.3 Å². The maximum absolute atomic E-state index is 12.7. The Hall–Kier alpha value is -1.70. The number of hydrogen-bond donors (Lipinski definition) is 0. The summed E-state index contributed by atoms with van der Waals surface area (Å²) in [5, 5.41) is 1.98. The molecule has 0 fully saturated rings. The first-order valence-electron chi connectivity index (χ1n) is 8.17. The van der Waals surface area contributed by atoms with Gasteiger partial charge in [0.15, 0.2) is 0 Å². The molecular weight excluding hydrogens is 356 g/mol. The summed E-state index contributed by atoms with van der Waals surface area (Å²) >= 11 is 1.61. The van der Waals surface area contributed by atoms with Gasteiger partial charge in [-0.2, -0.15) is 4.31 Å². The third-order valence-electron chi connectivity index (χ3n) is 4.10. The number of sulfonamides is 1. The highest BCUT2D eigenvalue weighted by Gasteiger charge is 2.23. The zero-order valence-electron chi connectivity index (χ0n) is 15.0. The quantitative estimate of drug-likeness (QED) is 0.739. The lowest BCUT2D eigenvalue weighted by atomic mass is 10.2. The monoisotopic (exact) mass is 380 g/mol. The minimum absolute atomic E-state index is 0.0999. The van der Waals surface area contributed by atoms with Crippen LogP contribution in [0.4, 0.5) is 0 Å². The molecule has 1 aromatic heterocycles. The van der Waals surface area contributed by atoms with E-state index in [0.29, 0.717) is 18.7 Å². The molecule has 0 aliphatic heterocycles. The van der Waals surface area contributed by atoms with E-state index in [2.05, 4.69) is 0 Å². The molecule has 0 radical (unpaired) electrons. The van der Waals surface area contributed by atoms with E-state index in [0.717, 1.165) is 4.88 Å². The van der Waals surface area contributed by atoms with Gasteiger partial charge in [-0.15, -0.1) is 11.3 Å². The van der Waals surface area contributed by atoms with Gasteiger partial charge in [0.1, 0.15) is 0 Å². The molecule has 25 heavy (non-hydrogen) atoms. The van der Waals surface area contributed by atoms with E-state index >= 15 is 0 Å². The molecule has 1 amide bonds. The van der Waals surface area contributed by atoms with Gasteiger partial charge in [-0.25, -0.2) is 8.42 Å². The SMILES string of the molecule is CCN(Cc1cccs1)C(=O)c1ccc(S(=O)(=O)N(C)C(C)C)cc1. The highest BCUT2D eigenvalue weighted by molar-refractivity contribution is 7.89. The molecule has 0 N–H and O–H groups in total. The molecular formula is C18H24N2O3S2. The molecule has 136 valence electrons. The molecule has 0 saturated carbocycles. The molecule has 0 bridgehead atoms. The van der Waals surface area contributed by atoms with Crippen LogP contribution in [0.2, 0.25) is 0 Å². The van der Waals surface area contributed by atoms with Gasteiger partial charge in [0, 0.05) is 30.1 Å². The van der Waals surface area contributed by atoms with Crippen molar-refractivity contribution in [1.82, 2.24) is 9.21 Å². The highest BCUT2D eigenvalue weighted by atomic mass is 32.2. The van der Waals surface area contributed by atoms with Crippen molar-refractivity contribution in [3.05, 3.63) is 52.2 Å². The number of benzene rings is 1. The van der Waals surface area contributed by atoms with Crippen LogP contribution in [0.5, 0.6) is 0 Å². The third-order valence-corrected chi connectivity index (χ3v) is 7.01. The van der Waals surface area contributed by atoms with E-state index in [9.17, 15) is 13.2 Å². The fourth-order valence-corrected chi connectivity index (χ4v) is 4.40. The lowest BCUT2D eigenvalue weighted by Gasteiger charge is -2.22. The molecule has 5 nitrogen and oxygen atoms in total. The fourth-order valence-electron chi connectivity index (χ4n) is 2.31. The van der Waals surface area contributed by atoms with Crippen molar-refractivity contribution in [2.45, 2.75) is 38.3 Å². The van der Waals surface area contributed by atoms with Crippen LogP contribution in [0.25, 0.3) is 0 Å². The lowest BCUT2D eigenvalue weighted by Crippen LogP contribution is -2.33. The molecule has 0 aliphatic carbocycles. The third kappa shape index (κ3) is 4.48. The Balaban J connectivity index is 2.19. The maximum Gasteiger partial charge on any atom is 0.254 e. The summed E-state index contributed by atoms with van der Waals surface area (Å²) in [5.74, 6) is -0.0999. The number of carbonyl (C=O) groups excluding carboxylic acids is 1. The normalized spacial score (nSPS) is 11.9. The molecule has 0 spiro atoms. The van der Waals surface area contributed by atoms with E-state index in [1.165, 1.54) is 16.4 Å². The van der Waals surface area contributed by atoms with Crippen molar-refractivity contribution in [3.8, 4) is 0 Å². The van der Waals surface area contributed by atoms with Gasteiger partial charge in [-0.3, -0.25) is 4.79 Å². The summed E-state index contributed by atoms with van der Waals surface area (Å²) in [6, 6.07) is 10.00. The molecule has 0 atom stereocenters. The second kappa shape index (κ2) is 8.12. The topological polar surface area (TPSA) is 57.7 Å². The van der Waals surface area contributed by atoms with Crippen molar-refractivity contribution in [2.24, 2.45) is 0 Å². The van der Waals surface area contributed by atoms with Gasteiger partial charge in [0.05, 0.1) is 11.4 Å². The van der Waals surface area contributed by atoms with Crippen molar-refractivity contribution < 1.29 is 13.2 Å². The summed E-state index contributed by atoms with van der Waals surface area (Å²) < 4.78 is 26.3. The van der Waals surface area contributed by atoms with Crippen LogP contribution in [0.1, 0.15) is 36.0 Å². The van der Waals surface area contributed by atoms with E-state index in [4.69, 9.17) is 0 Å². The zero-order valence-corrected chi connectivity index (χ0v) is 16.6. The number of hydrogen-bond acceptors (Lipinski definition) is 4. The van der Waals surface area contributed by atoms with Crippen LogP contribution in [0.15, 0.2) is 46.7 Å². The Kier molecular flexibility index (Phi) is 6.37. The van der Waals surface area contributed by atoms with Crippen LogP contribution in [-0.4, -0.2) is 43.2 Å². The Labute approximate surface area is 153 Å². The molecule has 1 heterocycles. The Bertz CT molecular complexity index is 797. The predicted molar refractivity (Wildman–Crippen MR) is 101 cm³/mol. The number of thiophene rings is 1. The van der Waals surface area contributed by atoms with Crippen LogP contribution in [0, 0.1) is 0 Å². The number of rotatable bonds is 7. The first-order valence-corrected chi connectivity index (χ1v) is 10.5. The summed E-state index contributed by atoms with van der Waals surface area (Å²) in [4.78, 5) is 15.7. The van der Waals surface area contributed by atoms with Gasteiger partial charge in [-0.05, 0) is 56.5 Å². The van der Waals surface area contributed by atoms with E-state index < -0.39 is 10.0 Å². The average molecular weight is 381 g/mol. The molecule has 7 heteroatoms. The zero-order chi connectivity index (χ0) is 18.6. The highest BCUT2D eigenvalue weighted by Crippen LogP contribution is 2.19. The molecule has 2 aromatic rings. The Morgan fingerprint density at radius 1 is 1.16 bits per heavy atom. The molecule has 0 aliphatic rings. The average Bonchev–Trinajstić information content (AvgIpc) is 3.11. The molecule has 0 unspecified atom stereocenters. The number of nitrogens with zero attached hydrogens (tertiary/aromatic N) is 2. The van der Waals surface area contributed by atoms with E-state index in [1.54, 1.807) is 35.4 Å².